The molecule has 0 bridgehead atoms. The van der Waals surface area contributed by atoms with Crippen molar-refractivity contribution >= 4 is 59.7 Å². The van der Waals surface area contributed by atoms with Gasteiger partial charge in [0, 0.05) is 18.5 Å². The summed E-state index contributed by atoms with van der Waals surface area (Å²) in [4.78, 5) is 58.4. The summed E-state index contributed by atoms with van der Waals surface area (Å²) >= 11 is 6.33. The predicted molar refractivity (Wildman–Crippen MR) is 149 cm³/mol. The maximum absolute atomic E-state index is 12.8. The van der Waals surface area contributed by atoms with Gasteiger partial charge in [-0.3, -0.25) is 4.79 Å². The first-order valence-electron chi connectivity index (χ1n) is 11.3. The summed E-state index contributed by atoms with van der Waals surface area (Å²) in [6.45, 7) is 0. The molecule has 0 aromatic heterocycles. The highest BCUT2D eigenvalue weighted by molar-refractivity contribution is 6.31. The Bertz CT molecular complexity index is 1370. The molecule has 3 aromatic rings. The lowest BCUT2D eigenvalue weighted by Crippen LogP contribution is -2.44. The average molecular weight is 589 g/mol. The topological polar surface area (TPSA) is 182 Å². The van der Waals surface area contributed by atoms with Gasteiger partial charge in [-0.25, -0.2) is 14.6 Å². The number of carboxylic acid groups (broad SMARTS) is 1. The zero-order valence-electron chi connectivity index (χ0n) is 21.2. The van der Waals surface area contributed by atoms with Gasteiger partial charge >= 0.3 is 18.1 Å². The first kappa shape index (κ1) is 33.3. The molecule has 0 aliphatic heterocycles. The number of hydrogen-bond acceptors (Lipinski definition) is 7. The van der Waals surface area contributed by atoms with Crippen LogP contribution in [0.3, 0.4) is 0 Å². The largest absolute Gasteiger partial charge is 0.480 e. The van der Waals surface area contributed by atoms with Crippen LogP contribution >= 0.6 is 24.0 Å². The van der Waals surface area contributed by atoms with Crippen LogP contribution in [0.1, 0.15) is 21.5 Å². The van der Waals surface area contributed by atoms with Crippen LogP contribution in [-0.2, 0) is 32.0 Å². The molecule has 11 nitrogen and oxygen atoms in total. The van der Waals surface area contributed by atoms with Crippen molar-refractivity contribution < 1.29 is 33.8 Å². The molecule has 0 spiro atoms. The molecule has 0 saturated heterocycles. The van der Waals surface area contributed by atoms with Gasteiger partial charge in [0.25, 0.3) is 0 Å². The number of nitrogens with zero attached hydrogens (tertiary/aromatic N) is 2. The number of nitrogens with two attached hydrogens (primary N) is 2. The summed E-state index contributed by atoms with van der Waals surface area (Å²) in [5.74, 6) is -2.04. The minimum absolute atomic E-state index is 0. The maximum atomic E-state index is 12.8. The first-order valence-corrected chi connectivity index (χ1v) is 11.7. The maximum Gasteiger partial charge on any atom is 0.373 e. The van der Waals surface area contributed by atoms with E-state index in [1.807, 2.05) is 30.3 Å². The zero-order chi connectivity index (χ0) is 28.9. The average Bonchev–Trinajstić information content (AvgIpc) is 2.89. The van der Waals surface area contributed by atoms with E-state index in [0.717, 1.165) is 5.56 Å². The molecular formula is C27H26Cl2N4O7. The molecule has 1 atom stereocenters. The lowest BCUT2D eigenvalue weighted by Gasteiger charge is -2.25. The van der Waals surface area contributed by atoms with Gasteiger partial charge in [0.1, 0.15) is 11.8 Å². The number of rotatable bonds is 9. The summed E-state index contributed by atoms with van der Waals surface area (Å²) in [6.07, 6.45) is 0.308. The molecule has 210 valence electrons. The second-order valence-corrected chi connectivity index (χ2v) is 8.44. The number of halogens is 2. The van der Waals surface area contributed by atoms with E-state index in [1.54, 1.807) is 18.2 Å². The number of amides is 1. The van der Waals surface area contributed by atoms with Gasteiger partial charge in [-0.05, 0) is 47.5 Å². The lowest BCUT2D eigenvalue weighted by molar-refractivity contribution is -0.191. The van der Waals surface area contributed by atoms with E-state index in [0.29, 0.717) is 11.3 Å². The number of carbonyl (C=O) groups excluding carboxylic acids is 4. The minimum atomic E-state index is -1.10. The quantitative estimate of drug-likeness (QED) is 0.146. The van der Waals surface area contributed by atoms with Crippen molar-refractivity contribution in [1.29, 1.82) is 0 Å². The fraction of sp³-hybridized carbons (Fsp3) is 0.148. The van der Waals surface area contributed by atoms with Crippen molar-refractivity contribution in [2.24, 2.45) is 16.5 Å². The van der Waals surface area contributed by atoms with Crippen molar-refractivity contribution in [1.82, 2.24) is 4.90 Å². The number of ether oxygens (including phenoxy) is 1. The van der Waals surface area contributed by atoms with Gasteiger partial charge in [-0.2, -0.15) is 9.59 Å². The Hall–Kier alpha value is -4.70. The van der Waals surface area contributed by atoms with Crippen LogP contribution in [0.15, 0.2) is 77.8 Å². The molecule has 3 rings (SSSR count). The van der Waals surface area contributed by atoms with Crippen LogP contribution in [-0.4, -0.2) is 53.1 Å². The van der Waals surface area contributed by atoms with Crippen LogP contribution in [0.4, 0.5) is 5.69 Å². The van der Waals surface area contributed by atoms with Crippen LogP contribution in [0.5, 0.6) is 5.75 Å². The van der Waals surface area contributed by atoms with E-state index in [1.165, 1.54) is 36.2 Å². The van der Waals surface area contributed by atoms with E-state index in [9.17, 15) is 19.5 Å². The monoisotopic (exact) mass is 588 g/mol. The number of benzene rings is 3. The number of aliphatic imine (C=N–C) groups is 1. The zero-order valence-corrected chi connectivity index (χ0v) is 22.7. The minimum Gasteiger partial charge on any atom is -0.480 e. The smallest absolute Gasteiger partial charge is 0.373 e. The Morgan fingerprint density at radius 1 is 1.02 bits per heavy atom. The molecule has 0 radical (unpaired) electrons. The van der Waals surface area contributed by atoms with Crippen molar-refractivity contribution in [3.8, 4) is 5.75 Å². The third kappa shape index (κ3) is 10.2. The highest BCUT2D eigenvalue weighted by atomic mass is 35.5. The fourth-order valence-electron chi connectivity index (χ4n) is 3.41. The molecule has 0 saturated carbocycles. The van der Waals surface area contributed by atoms with Gasteiger partial charge < -0.3 is 26.2 Å². The number of carboxylic acids is 1. The summed E-state index contributed by atoms with van der Waals surface area (Å²) < 4.78 is 5.36. The van der Waals surface area contributed by atoms with Crippen molar-refractivity contribution in [3.05, 3.63) is 94.5 Å². The summed E-state index contributed by atoms with van der Waals surface area (Å²) in [7, 11) is 1.45. The van der Waals surface area contributed by atoms with Crippen LogP contribution < -0.4 is 16.2 Å². The molecule has 1 amide bonds. The van der Waals surface area contributed by atoms with Crippen LogP contribution in [0.25, 0.3) is 0 Å². The Morgan fingerprint density at radius 3 is 2.15 bits per heavy atom. The van der Waals surface area contributed by atoms with Crippen molar-refractivity contribution in [2.45, 2.75) is 18.9 Å². The molecule has 0 aliphatic rings. The van der Waals surface area contributed by atoms with E-state index in [4.69, 9.17) is 37.4 Å². The van der Waals surface area contributed by atoms with E-state index >= 15 is 0 Å². The van der Waals surface area contributed by atoms with Crippen LogP contribution in [0, 0.1) is 0 Å². The third-order valence-corrected chi connectivity index (χ3v) is 5.71. The second-order valence-electron chi connectivity index (χ2n) is 8.03. The normalized spacial score (nSPS) is 10.3. The Labute approximate surface area is 240 Å². The van der Waals surface area contributed by atoms with Gasteiger partial charge in [-0.1, -0.05) is 48.0 Å². The predicted octanol–water partition coefficient (Wildman–Crippen LogP) is 3.00. The van der Waals surface area contributed by atoms with E-state index < -0.39 is 23.9 Å². The summed E-state index contributed by atoms with van der Waals surface area (Å²) in [5.41, 5.74) is 12.7. The molecule has 0 aliphatic carbocycles. The van der Waals surface area contributed by atoms with Crippen LogP contribution in [0.2, 0.25) is 5.02 Å². The van der Waals surface area contributed by atoms with Gasteiger partial charge in [0.05, 0.1) is 17.7 Å². The number of aliphatic carboxylic acids is 1. The van der Waals surface area contributed by atoms with Gasteiger partial charge in [0.2, 0.25) is 5.91 Å². The molecule has 3 aromatic carbocycles. The van der Waals surface area contributed by atoms with E-state index in [2.05, 4.69) is 4.99 Å². The SMILES string of the molecule is CN(C(=O)Cc1ccc(OC(=O)c2ccc(N=C(N)N)cc2)cc1Cl)[C@@H](Cc1ccccc1)C(=O)O.Cl.O=C=O. The summed E-state index contributed by atoms with van der Waals surface area (Å²) in [6, 6.07) is 18.7. The number of carbonyl (C=O) groups is 3. The lowest BCUT2D eigenvalue weighted by atomic mass is 10.0. The van der Waals surface area contributed by atoms with Gasteiger partial charge in [-0.15, -0.1) is 12.4 Å². The Morgan fingerprint density at radius 2 is 1.62 bits per heavy atom. The summed E-state index contributed by atoms with van der Waals surface area (Å²) in [5, 5.41) is 9.86. The molecule has 5 N–H and O–H groups in total. The molecule has 13 heteroatoms. The highest BCUT2D eigenvalue weighted by Gasteiger charge is 2.27. The highest BCUT2D eigenvalue weighted by Crippen LogP contribution is 2.25. The number of hydrogen-bond donors (Lipinski definition) is 3. The van der Waals surface area contributed by atoms with Gasteiger partial charge in [0.15, 0.2) is 5.96 Å². The number of guanidine groups is 1. The molecule has 0 fully saturated rings. The van der Waals surface area contributed by atoms with Crippen molar-refractivity contribution in [2.75, 3.05) is 7.05 Å². The molecule has 40 heavy (non-hydrogen) atoms. The third-order valence-electron chi connectivity index (χ3n) is 5.36. The van der Waals surface area contributed by atoms with Crippen molar-refractivity contribution in [3.63, 3.8) is 0 Å². The molecule has 0 unspecified atom stereocenters. The Balaban J connectivity index is 0.00000191. The molecular weight excluding hydrogens is 563 g/mol. The first-order chi connectivity index (χ1) is 18.5. The Kier molecular flexibility index (Phi) is 13.6. The number of esters is 1. The molecule has 0 heterocycles. The van der Waals surface area contributed by atoms with E-state index in [-0.39, 0.29) is 53.7 Å². The second kappa shape index (κ2) is 16.3. The number of likely N-dealkylation sites (N-methyl/N-ethyl adjacent to an activating group) is 1. The fourth-order valence-corrected chi connectivity index (χ4v) is 3.65. The standard InChI is InChI=1S/C26H25ClN4O5.CO2.ClH/c1-31(22(24(33)34)13-16-5-3-2-4-6-16)23(32)14-18-9-12-20(15-21(18)27)36-25(35)17-7-10-19(11-8-17)30-26(28)29;2-1-3;/h2-12,15,22H,13-14H2,1H3,(H,33,34)(H4,28,29,30);;1H/t22-;;/m0../s1.